The molecule has 1 atom stereocenters. The Bertz CT molecular complexity index is 340. The van der Waals surface area contributed by atoms with Crippen LogP contribution in [0.4, 0.5) is 0 Å². The molecule has 0 bridgehead atoms. The molecule has 0 fully saturated rings. The Labute approximate surface area is 89.9 Å². The second-order valence-corrected chi connectivity index (χ2v) is 3.84. The summed E-state index contributed by atoms with van der Waals surface area (Å²) in [5.74, 6) is -0.878. The lowest BCUT2D eigenvalue weighted by Crippen LogP contribution is -2.18. The van der Waals surface area contributed by atoms with Crippen LogP contribution in [-0.2, 0) is 4.79 Å². The van der Waals surface area contributed by atoms with E-state index in [1.807, 2.05) is 32.0 Å². The molecule has 1 aromatic rings. The number of benzene rings is 1. The zero-order valence-corrected chi connectivity index (χ0v) is 9.16. The third kappa shape index (κ3) is 2.80. The predicted octanol–water partition coefficient (Wildman–Crippen LogP) is 1.82. The predicted molar refractivity (Wildman–Crippen MR) is 60.0 cm³/mol. The van der Waals surface area contributed by atoms with Gasteiger partial charge in [-0.1, -0.05) is 18.2 Å². The second kappa shape index (κ2) is 4.94. The van der Waals surface area contributed by atoms with Crippen molar-refractivity contribution < 1.29 is 9.90 Å². The number of nitrogens with two attached hydrogens (primary N) is 1. The van der Waals surface area contributed by atoms with Crippen LogP contribution in [0.2, 0.25) is 0 Å². The molecule has 3 heteroatoms. The van der Waals surface area contributed by atoms with Crippen molar-refractivity contribution in [2.24, 2.45) is 5.73 Å². The SMILES string of the molecule is Cc1cccc(C)c1C(CN)CC(=O)O. The third-order valence-corrected chi connectivity index (χ3v) is 2.66. The van der Waals surface area contributed by atoms with Crippen LogP contribution in [0.5, 0.6) is 0 Å². The molecule has 3 N–H and O–H groups in total. The number of carboxylic acid groups (broad SMARTS) is 1. The van der Waals surface area contributed by atoms with Gasteiger partial charge in [-0.25, -0.2) is 0 Å². The first-order valence-electron chi connectivity index (χ1n) is 5.04. The lowest BCUT2D eigenvalue weighted by Gasteiger charge is -2.18. The molecule has 0 aromatic heterocycles. The third-order valence-electron chi connectivity index (χ3n) is 2.66. The molecule has 0 saturated carbocycles. The van der Waals surface area contributed by atoms with E-state index in [1.54, 1.807) is 0 Å². The largest absolute Gasteiger partial charge is 0.481 e. The summed E-state index contributed by atoms with van der Waals surface area (Å²) >= 11 is 0. The summed E-state index contributed by atoms with van der Waals surface area (Å²) in [4.78, 5) is 10.7. The fourth-order valence-electron chi connectivity index (χ4n) is 1.99. The summed E-state index contributed by atoms with van der Waals surface area (Å²) in [7, 11) is 0. The highest BCUT2D eigenvalue weighted by atomic mass is 16.4. The number of aryl methyl sites for hydroxylation is 2. The Morgan fingerprint density at radius 2 is 1.93 bits per heavy atom. The van der Waals surface area contributed by atoms with Gasteiger partial charge in [-0.2, -0.15) is 0 Å². The molecule has 0 aliphatic carbocycles. The minimum absolute atomic E-state index is 0.0799. The number of hydrogen-bond acceptors (Lipinski definition) is 2. The lowest BCUT2D eigenvalue weighted by atomic mass is 9.88. The maximum absolute atomic E-state index is 10.7. The molecule has 0 aliphatic rings. The number of hydrogen-bond donors (Lipinski definition) is 2. The molecular weight excluding hydrogens is 190 g/mol. The van der Waals surface area contributed by atoms with Crippen molar-refractivity contribution in [3.63, 3.8) is 0 Å². The van der Waals surface area contributed by atoms with E-state index in [0.29, 0.717) is 6.54 Å². The quantitative estimate of drug-likeness (QED) is 0.791. The maximum Gasteiger partial charge on any atom is 0.304 e. The van der Waals surface area contributed by atoms with Crippen LogP contribution in [0.15, 0.2) is 18.2 Å². The average molecular weight is 207 g/mol. The molecule has 0 spiro atoms. The van der Waals surface area contributed by atoms with E-state index >= 15 is 0 Å². The molecule has 0 radical (unpaired) electrons. The van der Waals surface area contributed by atoms with Crippen LogP contribution in [0.25, 0.3) is 0 Å². The van der Waals surface area contributed by atoms with E-state index in [4.69, 9.17) is 10.8 Å². The average Bonchev–Trinajstić information content (AvgIpc) is 2.15. The van der Waals surface area contributed by atoms with Crippen LogP contribution in [0, 0.1) is 13.8 Å². The summed E-state index contributed by atoms with van der Waals surface area (Å²) in [5, 5.41) is 8.80. The molecule has 0 heterocycles. The van der Waals surface area contributed by atoms with Gasteiger partial charge >= 0.3 is 5.97 Å². The summed E-state index contributed by atoms with van der Waals surface area (Å²) in [5.41, 5.74) is 8.95. The summed E-state index contributed by atoms with van der Waals surface area (Å²) in [6, 6.07) is 5.96. The normalized spacial score (nSPS) is 12.5. The first-order valence-corrected chi connectivity index (χ1v) is 5.04. The van der Waals surface area contributed by atoms with Crippen molar-refractivity contribution in [1.82, 2.24) is 0 Å². The Hall–Kier alpha value is -1.35. The van der Waals surface area contributed by atoms with Gasteiger partial charge in [0.1, 0.15) is 0 Å². The number of carboxylic acids is 1. The van der Waals surface area contributed by atoms with E-state index in [1.165, 1.54) is 0 Å². The van der Waals surface area contributed by atoms with Crippen LogP contribution < -0.4 is 5.73 Å². The number of carbonyl (C=O) groups is 1. The van der Waals surface area contributed by atoms with E-state index in [0.717, 1.165) is 16.7 Å². The van der Waals surface area contributed by atoms with Crippen LogP contribution in [0.3, 0.4) is 0 Å². The van der Waals surface area contributed by atoms with Gasteiger partial charge in [0, 0.05) is 5.92 Å². The summed E-state index contributed by atoms with van der Waals surface area (Å²) in [6.45, 7) is 4.36. The number of rotatable bonds is 4. The van der Waals surface area contributed by atoms with Crippen LogP contribution in [0.1, 0.15) is 29.0 Å². The molecule has 1 rings (SSSR count). The highest BCUT2D eigenvalue weighted by Gasteiger charge is 2.17. The first-order chi connectivity index (χ1) is 7.06. The molecule has 1 unspecified atom stereocenters. The van der Waals surface area contributed by atoms with Crippen molar-refractivity contribution in [3.8, 4) is 0 Å². The topological polar surface area (TPSA) is 63.3 Å². The molecule has 82 valence electrons. The van der Waals surface area contributed by atoms with Gasteiger partial charge in [-0.15, -0.1) is 0 Å². The second-order valence-electron chi connectivity index (χ2n) is 3.84. The number of aliphatic carboxylic acids is 1. The molecule has 0 amide bonds. The Kier molecular flexibility index (Phi) is 3.86. The smallest absolute Gasteiger partial charge is 0.304 e. The Balaban J connectivity index is 3.05. The van der Waals surface area contributed by atoms with E-state index in [2.05, 4.69) is 0 Å². The fourth-order valence-corrected chi connectivity index (χ4v) is 1.99. The minimum Gasteiger partial charge on any atom is -0.481 e. The van der Waals surface area contributed by atoms with Crippen molar-refractivity contribution in [2.45, 2.75) is 26.2 Å². The molecule has 0 saturated heterocycles. The molecule has 0 aliphatic heterocycles. The zero-order chi connectivity index (χ0) is 11.4. The van der Waals surface area contributed by atoms with Crippen molar-refractivity contribution in [2.75, 3.05) is 6.54 Å². The maximum atomic E-state index is 10.7. The van der Waals surface area contributed by atoms with Crippen molar-refractivity contribution in [3.05, 3.63) is 34.9 Å². The summed E-state index contributed by atoms with van der Waals surface area (Å²) in [6.07, 6.45) is 0.0994. The fraction of sp³-hybridized carbons (Fsp3) is 0.417. The van der Waals surface area contributed by atoms with Crippen LogP contribution >= 0.6 is 0 Å². The van der Waals surface area contributed by atoms with E-state index in [-0.39, 0.29) is 12.3 Å². The summed E-state index contributed by atoms with van der Waals surface area (Å²) < 4.78 is 0. The van der Waals surface area contributed by atoms with Crippen molar-refractivity contribution in [1.29, 1.82) is 0 Å². The lowest BCUT2D eigenvalue weighted by molar-refractivity contribution is -0.137. The van der Waals surface area contributed by atoms with E-state index < -0.39 is 5.97 Å². The standard InChI is InChI=1S/C12H17NO2/c1-8-4-3-5-9(2)12(8)10(7-13)6-11(14)15/h3-5,10H,6-7,13H2,1-2H3,(H,14,15). The van der Waals surface area contributed by atoms with Gasteiger partial charge in [-0.3, -0.25) is 4.79 Å². The van der Waals surface area contributed by atoms with Gasteiger partial charge in [0.05, 0.1) is 6.42 Å². The van der Waals surface area contributed by atoms with E-state index in [9.17, 15) is 4.79 Å². The zero-order valence-electron chi connectivity index (χ0n) is 9.16. The van der Waals surface area contributed by atoms with Gasteiger partial charge < -0.3 is 10.8 Å². The van der Waals surface area contributed by atoms with Gasteiger partial charge in [-0.05, 0) is 37.1 Å². The highest BCUT2D eigenvalue weighted by molar-refractivity contribution is 5.68. The molecule has 3 nitrogen and oxygen atoms in total. The molecule has 1 aromatic carbocycles. The van der Waals surface area contributed by atoms with Gasteiger partial charge in [0.2, 0.25) is 0 Å². The Morgan fingerprint density at radius 1 is 1.40 bits per heavy atom. The monoisotopic (exact) mass is 207 g/mol. The van der Waals surface area contributed by atoms with Crippen LogP contribution in [-0.4, -0.2) is 17.6 Å². The molecule has 15 heavy (non-hydrogen) atoms. The highest BCUT2D eigenvalue weighted by Crippen LogP contribution is 2.25. The van der Waals surface area contributed by atoms with Gasteiger partial charge in [0.15, 0.2) is 0 Å². The van der Waals surface area contributed by atoms with Gasteiger partial charge in [0.25, 0.3) is 0 Å². The Morgan fingerprint density at radius 3 is 2.33 bits per heavy atom. The van der Waals surface area contributed by atoms with Crippen molar-refractivity contribution >= 4 is 5.97 Å². The molecular formula is C12H17NO2. The minimum atomic E-state index is -0.798. The first kappa shape index (κ1) is 11.7.